The molecule has 0 saturated heterocycles. The minimum absolute atomic E-state index is 0.746. The first-order valence-corrected chi connectivity index (χ1v) is 3.76. The maximum Gasteiger partial charge on any atom is 0.190 e. The molecule has 0 bridgehead atoms. The Kier molecular flexibility index (Phi) is 1.64. The Labute approximate surface area is 75.0 Å². The van der Waals surface area contributed by atoms with Gasteiger partial charge in [0, 0.05) is 6.07 Å². The third kappa shape index (κ3) is 1.11. The summed E-state index contributed by atoms with van der Waals surface area (Å²) in [5, 5.41) is 8.69. The number of hydrogen-bond donors (Lipinski definition) is 0. The molecule has 4 nitrogen and oxygen atoms in total. The molecule has 4 heteroatoms. The summed E-state index contributed by atoms with van der Waals surface area (Å²) in [6.07, 6.45) is 3.49. The summed E-state index contributed by atoms with van der Waals surface area (Å²) >= 11 is 0. The van der Waals surface area contributed by atoms with Crippen molar-refractivity contribution in [1.82, 2.24) is 9.55 Å². The zero-order valence-corrected chi connectivity index (χ0v) is 7.06. The van der Waals surface area contributed by atoms with E-state index in [1.807, 2.05) is 12.3 Å². The van der Waals surface area contributed by atoms with Crippen LogP contribution in [0, 0.1) is 11.5 Å². The zero-order valence-electron chi connectivity index (χ0n) is 7.06. The van der Waals surface area contributed by atoms with Crippen LogP contribution in [0.5, 0.6) is 5.75 Å². The number of methoxy groups -OCH3 is 1. The molecule has 1 heterocycles. The van der Waals surface area contributed by atoms with Gasteiger partial charge in [0.15, 0.2) is 6.19 Å². The van der Waals surface area contributed by atoms with Crippen LogP contribution >= 0.6 is 0 Å². The summed E-state index contributed by atoms with van der Waals surface area (Å²) in [5.41, 5.74) is 1.56. The molecule has 0 aliphatic heterocycles. The van der Waals surface area contributed by atoms with Crippen LogP contribution in [0.3, 0.4) is 0 Å². The van der Waals surface area contributed by atoms with Crippen LogP contribution < -0.4 is 4.74 Å². The zero-order chi connectivity index (χ0) is 9.26. The van der Waals surface area contributed by atoms with Crippen LogP contribution in [-0.2, 0) is 0 Å². The van der Waals surface area contributed by atoms with Gasteiger partial charge in [-0.15, -0.1) is 0 Å². The lowest BCUT2D eigenvalue weighted by atomic mass is 10.3. The molecule has 0 atom stereocenters. The van der Waals surface area contributed by atoms with Gasteiger partial charge in [-0.05, 0) is 12.1 Å². The van der Waals surface area contributed by atoms with Crippen molar-refractivity contribution in [1.29, 1.82) is 5.26 Å². The molecule has 0 unspecified atom stereocenters. The SMILES string of the molecule is COc1ccc2c(c1)ncn2C#N. The van der Waals surface area contributed by atoms with Crippen molar-refractivity contribution >= 4 is 11.0 Å². The first-order chi connectivity index (χ1) is 6.35. The predicted octanol–water partition coefficient (Wildman–Crippen LogP) is 1.37. The topological polar surface area (TPSA) is 50.8 Å². The highest BCUT2D eigenvalue weighted by atomic mass is 16.5. The molecule has 1 aromatic heterocycles. The highest BCUT2D eigenvalue weighted by molar-refractivity contribution is 5.77. The standard InChI is InChI=1S/C9H7N3O/c1-13-7-2-3-9-8(4-7)11-6-12(9)5-10/h2-4,6H,1H3. The monoisotopic (exact) mass is 173 g/mol. The lowest BCUT2D eigenvalue weighted by molar-refractivity contribution is 0.415. The van der Waals surface area contributed by atoms with Crippen molar-refractivity contribution in [2.24, 2.45) is 0 Å². The minimum atomic E-state index is 0.746. The van der Waals surface area contributed by atoms with Crippen molar-refractivity contribution in [2.45, 2.75) is 0 Å². The van der Waals surface area contributed by atoms with Gasteiger partial charge in [0.2, 0.25) is 0 Å². The first kappa shape index (κ1) is 7.62. The van der Waals surface area contributed by atoms with Gasteiger partial charge < -0.3 is 4.74 Å². The Bertz CT molecular complexity index is 481. The summed E-state index contributed by atoms with van der Waals surface area (Å²) in [6.45, 7) is 0. The molecule has 0 saturated carbocycles. The van der Waals surface area contributed by atoms with Crippen molar-refractivity contribution in [3.8, 4) is 11.9 Å². The van der Waals surface area contributed by atoms with Gasteiger partial charge in [0.1, 0.15) is 12.1 Å². The summed E-state index contributed by atoms with van der Waals surface area (Å²) in [7, 11) is 1.60. The molecule has 0 aliphatic carbocycles. The van der Waals surface area contributed by atoms with Crippen LogP contribution in [0.2, 0.25) is 0 Å². The number of ether oxygens (including phenoxy) is 1. The van der Waals surface area contributed by atoms with Crippen LogP contribution in [0.4, 0.5) is 0 Å². The van der Waals surface area contributed by atoms with Gasteiger partial charge >= 0.3 is 0 Å². The van der Waals surface area contributed by atoms with Crippen molar-refractivity contribution < 1.29 is 4.74 Å². The van der Waals surface area contributed by atoms with Gasteiger partial charge in [0.05, 0.1) is 18.1 Å². The van der Waals surface area contributed by atoms with E-state index in [9.17, 15) is 0 Å². The smallest absolute Gasteiger partial charge is 0.190 e. The second-order valence-corrected chi connectivity index (χ2v) is 2.57. The summed E-state index contributed by atoms with van der Waals surface area (Å²) in [5.74, 6) is 0.746. The highest BCUT2D eigenvalue weighted by Gasteiger charge is 2.02. The molecule has 0 fully saturated rings. The quantitative estimate of drug-likeness (QED) is 0.654. The summed E-state index contributed by atoms with van der Waals surface area (Å²) in [6, 6.07) is 5.41. The maximum atomic E-state index is 8.69. The van der Waals surface area contributed by atoms with Gasteiger partial charge in [-0.2, -0.15) is 5.26 Å². The van der Waals surface area contributed by atoms with Crippen LogP contribution in [-0.4, -0.2) is 16.7 Å². The third-order valence-corrected chi connectivity index (χ3v) is 1.86. The largest absolute Gasteiger partial charge is 0.497 e. The van der Waals surface area contributed by atoms with Crippen LogP contribution in [0.1, 0.15) is 0 Å². The number of nitrogens with zero attached hydrogens (tertiary/aromatic N) is 3. The average molecular weight is 173 g/mol. The molecule has 2 rings (SSSR count). The molecule has 1 aromatic carbocycles. The Morgan fingerprint density at radius 1 is 1.54 bits per heavy atom. The molecule has 0 amide bonds. The van der Waals surface area contributed by atoms with Crippen LogP contribution in [0.25, 0.3) is 11.0 Å². The fourth-order valence-corrected chi connectivity index (χ4v) is 1.20. The van der Waals surface area contributed by atoms with Crippen molar-refractivity contribution in [2.75, 3.05) is 7.11 Å². The molecular formula is C9H7N3O. The number of benzene rings is 1. The number of hydrogen-bond acceptors (Lipinski definition) is 3. The van der Waals surface area contributed by atoms with Crippen LogP contribution in [0.15, 0.2) is 24.5 Å². The van der Waals surface area contributed by atoms with Gasteiger partial charge in [-0.3, -0.25) is 0 Å². The Balaban J connectivity index is 2.70. The molecule has 13 heavy (non-hydrogen) atoms. The Morgan fingerprint density at radius 2 is 2.38 bits per heavy atom. The molecule has 0 N–H and O–H groups in total. The number of nitriles is 1. The highest BCUT2D eigenvalue weighted by Crippen LogP contribution is 2.18. The molecule has 0 aliphatic rings. The molecule has 0 radical (unpaired) electrons. The molecule has 2 aromatic rings. The average Bonchev–Trinajstić information content (AvgIpc) is 2.59. The lowest BCUT2D eigenvalue weighted by Gasteiger charge is -1.97. The summed E-state index contributed by atoms with van der Waals surface area (Å²) in [4.78, 5) is 4.06. The van der Waals surface area contributed by atoms with Crippen molar-refractivity contribution in [3.05, 3.63) is 24.5 Å². The van der Waals surface area contributed by atoms with E-state index in [0.717, 1.165) is 16.8 Å². The number of imidazole rings is 1. The van der Waals surface area contributed by atoms with E-state index in [2.05, 4.69) is 4.98 Å². The molecule has 64 valence electrons. The Morgan fingerprint density at radius 3 is 3.08 bits per heavy atom. The van der Waals surface area contributed by atoms with E-state index in [4.69, 9.17) is 10.00 Å². The molecule has 0 spiro atoms. The minimum Gasteiger partial charge on any atom is -0.497 e. The second kappa shape index (κ2) is 2.79. The number of aromatic nitrogens is 2. The van der Waals surface area contributed by atoms with E-state index in [1.165, 1.54) is 10.9 Å². The fraction of sp³-hybridized carbons (Fsp3) is 0.111. The number of fused-ring (bicyclic) bond motifs is 1. The Hall–Kier alpha value is -2.02. The maximum absolute atomic E-state index is 8.69. The lowest BCUT2D eigenvalue weighted by Crippen LogP contribution is -1.85. The van der Waals surface area contributed by atoms with E-state index < -0.39 is 0 Å². The second-order valence-electron chi connectivity index (χ2n) is 2.57. The third-order valence-electron chi connectivity index (χ3n) is 1.86. The number of rotatable bonds is 1. The van der Waals surface area contributed by atoms with Gasteiger partial charge in [0.25, 0.3) is 0 Å². The predicted molar refractivity (Wildman–Crippen MR) is 47.3 cm³/mol. The first-order valence-electron chi connectivity index (χ1n) is 3.76. The normalized spacial score (nSPS) is 9.85. The summed E-state index contributed by atoms with van der Waals surface area (Å²) < 4.78 is 6.44. The molecular weight excluding hydrogens is 166 g/mol. The van der Waals surface area contributed by atoms with Gasteiger partial charge in [-0.25, -0.2) is 9.55 Å². The van der Waals surface area contributed by atoms with Gasteiger partial charge in [-0.1, -0.05) is 0 Å². The van der Waals surface area contributed by atoms with E-state index in [1.54, 1.807) is 19.2 Å². The van der Waals surface area contributed by atoms with E-state index >= 15 is 0 Å². The van der Waals surface area contributed by atoms with Crippen molar-refractivity contribution in [3.63, 3.8) is 0 Å². The fourth-order valence-electron chi connectivity index (χ4n) is 1.20. The van der Waals surface area contributed by atoms with E-state index in [0.29, 0.717) is 0 Å². The van der Waals surface area contributed by atoms with E-state index in [-0.39, 0.29) is 0 Å².